The number of aromatic nitrogens is 1. The first kappa shape index (κ1) is 11.7. The van der Waals surface area contributed by atoms with Crippen LogP contribution in [-0.4, -0.2) is 30.0 Å². The smallest absolute Gasteiger partial charge is 0.319 e. The number of rotatable bonds is 3. The third-order valence-electron chi connectivity index (χ3n) is 2.61. The first-order chi connectivity index (χ1) is 8.24. The van der Waals surface area contributed by atoms with Crippen molar-refractivity contribution < 1.29 is 19.1 Å². The van der Waals surface area contributed by atoms with E-state index in [0.717, 1.165) is 5.56 Å². The van der Waals surface area contributed by atoms with Gasteiger partial charge in [-0.2, -0.15) is 0 Å². The van der Waals surface area contributed by atoms with E-state index in [0.29, 0.717) is 0 Å². The normalized spacial score (nSPS) is 23.7. The fraction of sp³-hybridized carbons (Fsp3) is 0.417. The maximum Gasteiger partial charge on any atom is 0.319 e. The number of ether oxygens (including phenoxy) is 2. The minimum absolute atomic E-state index is 0.0525. The van der Waals surface area contributed by atoms with Crippen molar-refractivity contribution in [1.29, 1.82) is 0 Å². The molecule has 0 saturated carbocycles. The zero-order valence-electron chi connectivity index (χ0n) is 9.46. The predicted octanol–water partition coefficient (Wildman–Crippen LogP) is 0.901. The Morgan fingerprint density at radius 3 is 3.12 bits per heavy atom. The van der Waals surface area contributed by atoms with Gasteiger partial charge in [0.2, 0.25) is 0 Å². The lowest BCUT2D eigenvalue weighted by molar-refractivity contribution is -0.151. The number of Topliss-reactive ketones (excluding diaryl/α,β-unsaturated/α-hetero) is 1. The number of carbonyl (C=O) groups is 2. The molecule has 2 atom stereocenters. The quantitative estimate of drug-likeness (QED) is 0.575. The third kappa shape index (κ3) is 2.34. The van der Waals surface area contributed by atoms with Crippen molar-refractivity contribution in [2.45, 2.75) is 13.0 Å². The molecule has 1 saturated heterocycles. The molecule has 17 heavy (non-hydrogen) atoms. The van der Waals surface area contributed by atoms with Gasteiger partial charge < -0.3 is 9.47 Å². The van der Waals surface area contributed by atoms with Crippen molar-refractivity contribution in [3.63, 3.8) is 0 Å². The van der Waals surface area contributed by atoms with Crippen LogP contribution in [0, 0.1) is 5.92 Å². The number of carbonyl (C=O) groups excluding carboxylic acids is 2. The average Bonchev–Trinajstić information content (AvgIpc) is 2.73. The molecule has 1 fully saturated rings. The molecule has 0 aliphatic carbocycles. The van der Waals surface area contributed by atoms with Gasteiger partial charge >= 0.3 is 5.97 Å². The van der Waals surface area contributed by atoms with Gasteiger partial charge in [0.05, 0.1) is 6.61 Å². The van der Waals surface area contributed by atoms with Crippen LogP contribution < -0.4 is 0 Å². The van der Waals surface area contributed by atoms with Crippen molar-refractivity contribution >= 4 is 11.8 Å². The molecule has 0 N–H and O–H groups in total. The van der Waals surface area contributed by atoms with Crippen LogP contribution in [-0.2, 0) is 19.1 Å². The van der Waals surface area contributed by atoms with Crippen LogP contribution in [0.15, 0.2) is 24.5 Å². The number of nitrogens with zero attached hydrogens (tertiary/aromatic N) is 1. The standard InChI is InChI=1S/C12H13NO4/c1-2-16-12(15)10-9(14)7-17-11(10)8-4-3-5-13-6-8/h3-6,10-11H,2,7H2,1H3. The number of esters is 1. The zero-order chi connectivity index (χ0) is 12.3. The zero-order valence-corrected chi connectivity index (χ0v) is 9.46. The molecule has 0 bridgehead atoms. The highest BCUT2D eigenvalue weighted by Gasteiger charge is 2.43. The molecule has 0 amide bonds. The number of ketones is 1. The molecule has 1 aromatic heterocycles. The Kier molecular flexibility index (Phi) is 3.49. The van der Waals surface area contributed by atoms with E-state index in [-0.39, 0.29) is 19.0 Å². The second kappa shape index (κ2) is 5.05. The Hall–Kier alpha value is -1.75. The number of pyridine rings is 1. The second-order valence-electron chi connectivity index (χ2n) is 3.71. The average molecular weight is 235 g/mol. The van der Waals surface area contributed by atoms with Gasteiger partial charge in [-0.05, 0) is 13.0 Å². The van der Waals surface area contributed by atoms with Gasteiger partial charge in [-0.3, -0.25) is 14.6 Å². The maximum atomic E-state index is 11.7. The third-order valence-corrected chi connectivity index (χ3v) is 2.61. The largest absolute Gasteiger partial charge is 0.465 e. The Balaban J connectivity index is 2.22. The number of hydrogen-bond donors (Lipinski definition) is 0. The lowest BCUT2D eigenvalue weighted by Gasteiger charge is -2.15. The minimum Gasteiger partial charge on any atom is -0.465 e. The highest BCUT2D eigenvalue weighted by atomic mass is 16.5. The van der Waals surface area contributed by atoms with Crippen LogP contribution in [0.4, 0.5) is 0 Å². The van der Waals surface area contributed by atoms with Gasteiger partial charge in [-0.15, -0.1) is 0 Å². The monoisotopic (exact) mass is 235 g/mol. The van der Waals surface area contributed by atoms with E-state index < -0.39 is 18.0 Å². The summed E-state index contributed by atoms with van der Waals surface area (Å²) in [6.45, 7) is 1.91. The van der Waals surface area contributed by atoms with E-state index in [4.69, 9.17) is 9.47 Å². The van der Waals surface area contributed by atoms with Crippen molar-refractivity contribution in [2.75, 3.05) is 13.2 Å². The van der Waals surface area contributed by atoms with Crippen LogP contribution in [0.1, 0.15) is 18.6 Å². The fourth-order valence-corrected chi connectivity index (χ4v) is 1.85. The summed E-state index contributed by atoms with van der Waals surface area (Å²) < 4.78 is 10.2. The van der Waals surface area contributed by atoms with Gasteiger partial charge in [0, 0.05) is 18.0 Å². The molecule has 1 aliphatic heterocycles. The predicted molar refractivity (Wildman–Crippen MR) is 58.1 cm³/mol. The maximum absolute atomic E-state index is 11.7. The van der Waals surface area contributed by atoms with Crippen molar-refractivity contribution in [1.82, 2.24) is 4.98 Å². The van der Waals surface area contributed by atoms with E-state index in [1.165, 1.54) is 0 Å². The van der Waals surface area contributed by atoms with Gasteiger partial charge in [-0.25, -0.2) is 0 Å². The van der Waals surface area contributed by atoms with E-state index in [1.807, 2.05) is 0 Å². The summed E-state index contributed by atoms with van der Waals surface area (Å²) in [4.78, 5) is 27.3. The van der Waals surface area contributed by atoms with Crippen LogP contribution in [0.2, 0.25) is 0 Å². The lowest BCUT2D eigenvalue weighted by Crippen LogP contribution is -2.26. The summed E-state index contributed by atoms with van der Waals surface area (Å²) in [7, 11) is 0. The van der Waals surface area contributed by atoms with Crippen LogP contribution in [0.5, 0.6) is 0 Å². The first-order valence-corrected chi connectivity index (χ1v) is 5.45. The number of hydrogen-bond acceptors (Lipinski definition) is 5. The SMILES string of the molecule is CCOC(=O)C1C(=O)COC1c1cccnc1. The Bertz CT molecular complexity index is 418. The highest BCUT2D eigenvalue weighted by molar-refractivity contribution is 6.01. The Morgan fingerprint density at radius 1 is 1.65 bits per heavy atom. The summed E-state index contributed by atoms with van der Waals surface area (Å²) >= 11 is 0. The molecular weight excluding hydrogens is 222 g/mol. The second-order valence-corrected chi connectivity index (χ2v) is 3.71. The minimum atomic E-state index is -0.862. The van der Waals surface area contributed by atoms with Crippen molar-refractivity contribution in [3.8, 4) is 0 Å². The molecule has 2 heterocycles. The molecule has 5 heteroatoms. The van der Waals surface area contributed by atoms with E-state index >= 15 is 0 Å². The summed E-state index contributed by atoms with van der Waals surface area (Å²) in [5, 5.41) is 0. The molecule has 1 aliphatic rings. The van der Waals surface area contributed by atoms with Crippen molar-refractivity contribution in [3.05, 3.63) is 30.1 Å². The van der Waals surface area contributed by atoms with E-state index in [2.05, 4.69) is 4.98 Å². The van der Waals surface area contributed by atoms with E-state index in [9.17, 15) is 9.59 Å². The summed E-state index contributed by atoms with van der Waals surface area (Å²) in [5.41, 5.74) is 0.719. The van der Waals surface area contributed by atoms with Gasteiger partial charge in [0.15, 0.2) is 5.78 Å². The Labute approximate surface area is 98.7 Å². The highest BCUT2D eigenvalue weighted by Crippen LogP contribution is 2.32. The van der Waals surface area contributed by atoms with Crippen molar-refractivity contribution in [2.24, 2.45) is 5.92 Å². The van der Waals surface area contributed by atoms with Gasteiger partial charge in [-0.1, -0.05) is 6.07 Å². The molecule has 90 valence electrons. The summed E-state index contributed by atoms with van der Waals surface area (Å²) in [5.74, 6) is -1.62. The molecule has 0 radical (unpaired) electrons. The van der Waals surface area contributed by atoms with Crippen LogP contribution in [0.25, 0.3) is 0 Å². The van der Waals surface area contributed by atoms with Gasteiger partial charge in [0.25, 0.3) is 0 Å². The van der Waals surface area contributed by atoms with Crippen LogP contribution >= 0.6 is 0 Å². The van der Waals surface area contributed by atoms with Crippen LogP contribution in [0.3, 0.4) is 0 Å². The molecule has 0 aromatic carbocycles. The van der Waals surface area contributed by atoms with Gasteiger partial charge in [0.1, 0.15) is 18.6 Å². The molecule has 2 unspecified atom stereocenters. The molecule has 2 rings (SSSR count). The molecular formula is C12H13NO4. The summed E-state index contributed by atoms with van der Waals surface area (Å²) in [6.07, 6.45) is 2.64. The Morgan fingerprint density at radius 2 is 2.47 bits per heavy atom. The first-order valence-electron chi connectivity index (χ1n) is 5.45. The summed E-state index contributed by atoms with van der Waals surface area (Å²) in [6, 6.07) is 3.52. The molecule has 1 aromatic rings. The lowest BCUT2D eigenvalue weighted by atomic mass is 9.96. The topological polar surface area (TPSA) is 65.5 Å². The fourth-order valence-electron chi connectivity index (χ4n) is 1.85. The molecule has 0 spiro atoms. The van der Waals surface area contributed by atoms with E-state index in [1.54, 1.807) is 31.5 Å². The molecule has 5 nitrogen and oxygen atoms in total.